The van der Waals surface area contributed by atoms with Crippen molar-refractivity contribution in [3.63, 3.8) is 0 Å². The van der Waals surface area contributed by atoms with Gasteiger partial charge in [0, 0.05) is 12.7 Å². The van der Waals surface area contributed by atoms with Gasteiger partial charge in [-0.3, -0.25) is 0 Å². The number of hydrogen-bond donors (Lipinski definition) is 1. The van der Waals surface area contributed by atoms with Crippen LogP contribution in [0.2, 0.25) is 0 Å². The summed E-state index contributed by atoms with van der Waals surface area (Å²) in [5.41, 5.74) is 1.72. The van der Waals surface area contributed by atoms with E-state index in [9.17, 15) is 8.78 Å². The monoisotopic (exact) mass is 294 g/mol. The highest BCUT2D eigenvalue weighted by molar-refractivity contribution is 5.52. The second-order valence-electron chi connectivity index (χ2n) is 4.17. The van der Waals surface area contributed by atoms with E-state index in [1.54, 1.807) is 18.3 Å². The number of nitrogens with zero attached hydrogens (tertiary/aromatic N) is 1. The summed E-state index contributed by atoms with van der Waals surface area (Å²) in [5, 5.41) is 3.20. The molecule has 1 aromatic carbocycles. The number of aromatic nitrogens is 1. The van der Waals surface area contributed by atoms with E-state index >= 15 is 0 Å². The van der Waals surface area contributed by atoms with Gasteiger partial charge in [-0.25, -0.2) is 4.98 Å². The van der Waals surface area contributed by atoms with Gasteiger partial charge in [0.2, 0.25) is 5.88 Å². The van der Waals surface area contributed by atoms with Crippen LogP contribution >= 0.6 is 0 Å². The van der Waals surface area contributed by atoms with Crippen LogP contribution in [-0.2, 0) is 6.54 Å². The predicted molar refractivity (Wildman–Crippen MR) is 75.8 cm³/mol. The normalized spacial score (nSPS) is 10.5. The molecule has 21 heavy (non-hydrogen) atoms. The van der Waals surface area contributed by atoms with Crippen LogP contribution in [0.15, 0.2) is 42.6 Å². The molecule has 0 fully saturated rings. The van der Waals surface area contributed by atoms with Crippen LogP contribution in [0.25, 0.3) is 0 Å². The van der Waals surface area contributed by atoms with Crippen LogP contribution in [0.1, 0.15) is 12.5 Å². The van der Waals surface area contributed by atoms with E-state index in [4.69, 9.17) is 4.74 Å². The molecule has 0 amide bonds. The van der Waals surface area contributed by atoms with Gasteiger partial charge >= 0.3 is 6.61 Å². The Hall–Kier alpha value is -2.37. The third-order valence-corrected chi connectivity index (χ3v) is 2.68. The summed E-state index contributed by atoms with van der Waals surface area (Å²) in [6, 6.07) is 10.1. The number of nitrogens with one attached hydrogen (secondary N) is 1. The van der Waals surface area contributed by atoms with Gasteiger partial charge in [0.25, 0.3) is 0 Å². The summed E-state index contributed by atoms with van der Waals surface area (Å²) < 4.78 is 33.8. The minimum atomic E-state index is -2.81. The van der Waals surface area contributed by atoms with E-state index in [1.165, 1.54) is 12.1 Å². The van der Waals surface area contributed by atoms with Crippen molar-refractivity contribution in [1.82, 2.24) is 4.98 Å². The molecule has 0 saturated carbocycles. The zero-order valence-electron chi connectivity index (χ0n) is 11.6. The largest absolute Gasteiger partial charge is 0.476 e. The molecule has 0 radical (unpaired) electrons. The van der Waals surface area contributed by atoms with E-state index in [0.29, 0.717) is 19.0 Å². The molecule has 1 heterocycles. The Bertz CT molecular complexity index is 562. The average molecular weight is 294 g/mol. The van der Waals surface area contributed by atoms with E-state index in [0.717, 1.165) is 11.3 Å². The second kappa shape index (κ2) is 7.42. The SMILES string of the molecule is CCOc1ncccc1NCc1ccc(OC(F)F)cc1. The lowest BCUT2D eigenvalue weighted by Gasteiger charge is -2.11. The number of ether oxygens (including phenoxy) is 2. The van der Waals surface area contributed by atoms with Crippen LogP contribution < -0.4 is 14.8 Å². The minimum absolute atomic E-state index is 0.144. The molecule has 0 saturated heterocycles. The lowest BCUT2D eigenvalue weighted by molar-refractivity contribution is -0.0498. The highest BCUT2D eigenvalue weighted by Crippen LogP contribution is 2.22. The number of anilines is 1. The fraction of sp³-hybridized carbons (Fsp3) is 0.267. The molecule has 0 atom stereocenters. The van der Waals surface area contributed by atoms with Gasteiger partial charge in [-0.2, -0.15) is 8.78 Å². The molecule has 0 aliphatic rings. The summed E-state index contributed by atoms with van der Waals surface area (Å²) in [4.78, 5) is 4.14. The maximum Gasteiger partial charge on any atom is 0.387 e. The zero-order chi connectivity index (χ0) is 15.1. The highest BCUT2D eigenvalue weighted by Gasteiger charge is 2.05. The molecule has 0 aliphatic heterocycles. The number of halogens is 2. The van der Waals surface area contributed by atoms with Gasteiger partial charge in [0.1, 0.15) is 5.75 Å². The Morgan fingerprint density at radius 1 is 1.19 bits per heavy atom. The van der Waals surface area contributed by atoms with Gasteiger partial charge < -0.3 is 14.8 Å². The van der Waals surface area contributed by atoms with E-state index in [-0.39, 0.29) is 5.75 Å². The van der Waals surface area contributed by atoms with Gasteiger partial charge in [-0.15, -0.1) is 0 Å². The third kappa shape index (κ3) is 4.59. The van der Waals surface area contributed by atoms with Crippen molar-refractivity contribution in [1.29, 1.82) is 0 Å². The first-order valence-electron chi connectivity index (χ1n) is 6.54. The predicted octanol–water partition coefficient (Wildman–Crippen LogP) is 3.69. The standard InChI is InChI=1S/C15H16F2N2O2/c1-2-20-14-13(4-3-9-18-14)19-10-11-5-7-12(8-6-11)21-15(16)17/h3-9,15,19H,2,10H2,1H3. The first-order valence-corrected chi connectivity index (χ1v) is 6.54. The molecule has 0 bridgehead atoms. The number of rotatable bonds is 7. The first-order chi connectivity index (χ1) is 10.2. The molecule has 1 aromatic heterocycles. The average Bonchev–Trinajstić information content (AvgIpc) is 2.48. The molecule has 2 rings (SSSR count). The molecular weight excluding hydrogens is 278 g/mol. The Balaban J connectivity index is 1.96. The highest BCUT2D eigenvalue weighted by atomic mass is 19.3. The summed E-state index contributed by atoms with van der Waals surface area (Å²) in [7, 11) is 0. The van der Waals surface area contributed by atoms with Crippen molar-refractivity contribution in [2.75, 3.05) is 11.9 Å². The van der Waals surface area contributed by atoms with Gasteiger partial charge in [0.15, 0.2) is 0 Å². The Morgan fingerprint density at radius 3 is 2.62 bits per heavy atom. The number of hydrogen-bond acceptors (Lipinski definition) is 4. The first kappa shape index (κ1) is 15.0. The van der Waals surface area contributed by atoms with Crippen molar-refractivity contribution < 1.29 is 18.3 Å². The molecular formula is C15H16F2N2O2. The molecule has 4 nitrogen and oxygen atoms in total. The third-order valence-electron chi connectivity index (χ3n) is 2.68. The van der Waals surface area contributed by atoms with Crippen LogP contribution in [0, 0.1) is 0 Å². The molecule has 0 unspecified atom stereocenters. The molecule has 6 heteroatoms. The maximum absolute atomic E-state index is 12.1. The zero-order valence-corrected chi connectivity index (χ0v) is 11.6. The summed E-state index contributed by atoms with van der Waals surface area (Å²) in [5.74, 6) is 0.683. The fourth-order valence-corrected chi connectivity index (χ4v) is 1.76. The molecule has 1 N–H and O–H groups in total. The topological polar surface area (TPSA) is 43.4 Å². The number of alkyl halides is 2. The second-order valence-corrected chi connectivity index (χ2v) is 4.17. The fourth-order valence-electron chi connectivity index (χ4n) is 1.76. The summed E-state index contributed by atoms with van der Waals surface area (Å²) >= 11 is 0. The van der Waals surface area contributed by atoms with E-state index < -0.39 is 6.61 Å². The van der Waals surface area contributed by atoms with Crippen LogP contribution in [0.4, 0.5) is 14.5 Å². The molecule has 0 spiro atoms. The Kier molecular flexibility index (Phi) is 5.31. The maximum atomic E-state index is 12.1. The Labute approximate surface area is 121 Å². The molecule has 112 valence electrons. The Morgan fingerprint density at radius 2 is 1.95 bits per heavy atom. The van der Waals surface area contributed by atoms with Gasteiger partial charge in [-0.05, 0) is 36.8 Å². The van der Waals surface area contributed by atoms with Gasteiger partial charge in [-0.1, -0.05) is 12.1 Å². The van der Waals surface area contributed by atoms with Crippen molar-refractivity contribution in [2.45, 2.75) is 20.1 Å². The number of pyridine rings is 1. The van der Waals surface area contributed by atoms with Crippen LogP contribution in [0.5, 0.6) is 11.6 Å². The van der Waals surface area contributed by atoms with Crippen molar-refractivity contribution in [2.24, 2.45) is 0 Å². The van der Waals surface area contributed by atoms with Gasteiger partial charge in [0.05, 0.1) is 12.3 Å². The lowest BCUT2D eigenvalue weighted by Crippen LogP contribution is -2.04. The van der Waals surface area contributed by atoms with E-state index in [2.05, 4.69) is 15.0 Å². The number of benzene rings is 1. The van der Waals surface area contributed by atoms with E-state index in [1.807, 2.05) is 19.1 Å². The molecule has 2 aromatic rings. The van der Waals surface area contributed by atoms with Crippen molar-refractivity contribution in [3.05, 3.63) is 48.2 Å². The smallest absolute Gasteiger partial charge is 0.387 e. The van der Waals surface area contributed by atoms with Crippen LogP contribution in [0.3, 0.4) is 0 Å². The quantitative estimate of drug-likeness (QED) is 0.845. The minimum Gasteiger partial charge on any atom is -0.476 e. The lowest BCUT2D eigenvalue weighted by atomic mass is 10.2. The summed E-state index contributed by atoms with van der Waals surface area (Å²) in [6.45, 7) is 0.143. The summed E-state index contributed by atoms with van der Waals surface area (Å²) in [6.07, 6.45) is 1.66. The van der Waals surface area contributed by atoms with Crippen molar-refractivity contribution in [3.8, 4) is 11.6 Å². The van der Waals surface area contributed by atoms with Crippen LogP contribution in [-0.4, -0.2) is 18.2 Å². The molecule has 0 aliphatic carbocycles. The van der Waals surface area contributed by atoms with Crippen molar-refractivity contribution >= 4 is 5.69 Å².